The maximum atomic E-state index is 12.5. The van der Waals surface area contributed by atoms with Gasteiger partial charge in [-0.2, -0.15) is 0 Å². The summed E-state index contributed by atoms with van der Waals surface area (Å²) >= 11 is 6.07. The van der Waals surface area contributed by atoms with Crippen molar-refractivity contribution in [3.05, 3.63) is 58.6 Å². The van der Waals surface area contributed by atoms with Gasteiger partial charge in [0.2, 0.25) is 5.91 Å². The molecule has 4 nitrogen and oxygen atoms in total. The van der Waals surface area contributed by atoms with Crippen LogP contribution in [0.25, 0.3) is 0 Å². The molecule has 0 aliphatic heterocycles. The van der Waals surface area contributed by atoms with Crippen LogP contribution >= 0.6 is 11.6 Å². The molecule has 2 aromatic carbocycles. The number of para-hydroxylation sites is 1. The Balaban J connectivity index is 2.42. The molecular formula is C16H14ClNO3. The normalized spacial score (nSPS) is 10.0. The van der Waals surface area contributed by atoms with E-state index in [1.807, 2.05) is 0 Å². The zero-order chi connectivity index (χ0) is 15.4. The summed E-state index contributed by atoms with van der Waals surface area (Å²) < 4.78 is 5.06. The monoisotopic (exact) mass is 303 g/mol. The molecule has 2 aromatic rings. The molecule has 2 rings (SSSR count). The number of amides is 1. The Bertz CT molecular complexity index is 680. The SMILES string of the molecule is COc1ccc(C(=O)c2cccc(Cl)c2NC(C)=O)cc1. The van der Waals surface area contributed by atoms with Crippen LogP contribution in [0.1, 0.15) is 22.8 Å². The van der Waals surface area contributed by atoms with Crippen molar-refractivity contribution in [2.24, 2.45) is 0 Å². The Labute approximate surface area is 127 Å². The van der Waals surface area contributed by atoms with Crippen molar-refractivity contribution in [1.29, 1.82) is 0 Å². The second-order valence-corrected chi connectivity index (χ2v) is 4.81. The van der Waals surface area contributed by atoms with Crippen molar-refractivity contribution in [3.63, 3.8) is 0 Å². The highest BCUT2D eigenvalue weighted by Crippen LogP contribution is 2.28. The minimum absolute atomic E-state index is 0.219. The minimum atomic E-state index is -0.285. The molecule has 0 radical (unpaired) electrons. The Morgan fingerprint density at radius 1 is 1.10 bits per heavy atom. The van der Waals surface area contributed by atoms with Gasteiger partial charge in [0.25, 0.3) is 0 Å². The molecule has 0 aromatic heterocycles. The number of methoxy groups -OCH3 is 1. The van der Waals surface area contributed by atoms with Crippen molar-refractivity contribution in [3.8, 4) is 5.75 Å². The molecule has 0 heterocycles. The van der Waals surface area contributed by atoms with Gasteiger partial charge in [0.1, 0.15) is 5.75 Å². The van der Waals surface area contributed by atoms with Crippen LogP contribution in [0.4, 0.5) is 5.69 Å². The van der Waals surface area contributed by atoms with Gasteiger partial charge in [-0.05, 0) is 36.4 Å². The molecule has 0 saturated carbocycles. The van der Waals surface area contributed by atoms with Gasteiger partial charge in [0.05, 0.1) is 17.8 Å². The molecule has 5 heteroatoms. The van der Waals surface area contributed by atoms with Crippen LogP contribution in [-0.4, -0.2) is 18.8 Å². The van der Waals surface area contributed by atoms with E-state index in [0.717, 1.165) is 0 Å². The number of ketones is 1. The Morgan fingerprint density at radius 2 is 1.76 bits per heavy atom. The van der Waals surface area contributed by atoms with Gasteiger partial charge in [-0.15, -0.1) is 0 Å². The smallest absolute Gasteiger partial charge is 0.221 e. The molecule has 0 spiro atoms. The van der Waals surface area contributed by atoms with Crippen molar-refractivity contribution in [1.82, 2.24) is 0 Å². The second-order valence-electron chi connectivity index (χ2n) is 4.40. The number of ether oxygens (including phenoxy) is 1. The highest BCUT2D eigenvalue weighted by Gasteiger charge is 2.16. The summed E-state index contributed by atoms with van der Waals surface area (Å²) in [5.74, 6) is 0.163. The van der Waals surface area contributed by atoms with E-state index in [9.17, 15) is 9.59 Å². The first kappa shape index (κ1) is 15.1. The van der Waals surface area contributed by atoms with Crippen molar-refractivity contribution in [2.75, 3.05) is 12.4 Å². The van der Waals surface area contributed by atoms with Crippen molar-refractivity contribution >= 4 is 29.0 Å². The molecule has 21 heavy (non-hydrogen) atoms. The molecule has 0 aliphatic carbocycles. The molecule has 0 atom stereocenters. The molecule has 0 aliphatic rings. The summed E-state index contributed by atoms with van der Waals surface area (Å²) in [5, 5.41) is 2.92. The minimum Gasteiger partial charge on any atom is -0.497 e. The first-order chi connectivity index (χ1) is 10.0. The quantitative estimate of drug-likeness (QED) is 0.879. The molecule has 0 unspecified atom stereocenters. The van der Waals surface area contributed by atoms with Gasteiger partial charge in [-0.3, -0.25) is 9.59 Å². The lowest BCUT2D eigenvalue weighted by atomic mass is 10.0. The van der Waals surface area contributed by atoms with Gasteiger partial charge in [0, 0.05) is 18.1 Å². The molecule has 108 valence electrons. The van der Waals surface area contributed by atoms with Crippen molar-refractivity contribution < 1.29 is 14.3 Å². The molecule has 1 N–H and O–H groups in total. The molecule has 0 bridgehead atoms. The fraction of sp³-hybridized carbons (Fsp3) is 0.125. The van der Waals surface area contributed by atoms with E-state index in [-0.39, 0.29) is 11.7 Å². The summed E-state index contributed by atoms with van der Waals surface area (Å²) in [4.78, 5) is 23.8. The van der Waals surface area contributed by atoms with Gasteiger partial charge >= 0.3 is 0 Å². The molecular weight excluding hydrogens is 290 g/mol. The summed E-state index contributed by atoms with van der Waals surface area (Å²) in [6, 6.07) is 11.7. The lowest BCUT2D eigenvalue weighted by molar-refractivity contribution is -0.114. The number of carbonyl (C=O) groups is 2. The van der Waals surface area contributed by atoms with Crippen LogP contribution in [-0.2, 0) is 4.79 Å². The van der Waals surface area contributed by atoms with E-state index in [1.165, 1.54) is 6.92 Å². The number of carbonyl (C=O) groups excluding carboxylic acids is 2. The molecule has 0 saturated heterocycles. The Hall–Kier alpha value is -2.33. The number of hydrogen-bond donors (Lipinski definition) is 1. The van der Waals surface area contributed by atoms with Crippen LogP contribution in [0.15, 0.2) is 42.5 Å². The van der Waals surface area contributed by atoms with Gasteiger partial charge in [-0.25, -0.2) is 0 Å². The van der Waals surface area contributed by atoms with E-state index in [0.29, 0.717) is 27.6 Å². The van der Waals surface area contributed by atoms with E-state index in [4.69, 9.17) is 16.3 Å². The number of anilines is 1. The number of rotatable bonds is 4. The average Bonchev–Trinajstić information content (AvgIpc) is 2.48. The number of benzene rings is 2. The fourth-order valence-electron chi connectivity index (χ4n) is 1.91. The number of hydrogen-bond acceptors (Lipinski definition) is 3. The van der Waals surface area contributed by atoms with Gasteiger partial charge in [-0.1, -0.05) is 17.7 Å². The van der Waals surface area contributed by atoms with E-state index >= 15 is 0 Å². The van der Waals surface area contributed by atoms with Crippen molar-refractivity contribution in [2.45, 2.75) is 6.92 Å². The predicted molar refractivity (Wildman–Crippen MR) is 82.2 cm³/mol. The summed E-state index contributed by atoms with van der Waals surface area (Å²) in [5.41, 5.74) is 1.17. The first-order valence-corrected chi connectivity index (χ1v) is 6.65. The lowest BCUT2D eigenvalue weighted by Gasteiger charge is -2.11. The summed E-state index contributed by atoms with van der Waals surface area (Å²) in [6.07, 6.45) is 0. The topological polar surface area (TPSA) is 55.4 Å². The van der Waals surface area contributed by atoms with Crippen LogP contribution in [0, 0.1) is 0 Å². The number of nitrogens with one attached hydrogen (secondary N) is 1. The average molecular weight is 304 g/mol. The second kappa shape index (κ2) is 6.41. The van der Waals surface area contributed by atoms with Crippen LogP contribution < -0.4 is 10.1 Å². The third-order valence-electron chi connectivity index (χ3n) is 2.91. The van der Waals surface area contributed by atoms with E-state index < -0.39 is 0 Å². The third kappa shape index (κ3) is 3.41. The maximum Gasteiger partial charge on any atom is 0.221 e. The maximum absolute atomic E-state index is 12.5. The summed E-state index contributed by atoms with van der Waals surface area (Å²) in [6.45, 7) is 1.37. The van der Waals surface area contributed by atoms with Crippen LogP contribution in [0.5, 0.6) is 5.75 Å². The highest BCUT2D eigenvalue weighted by molar-refractivity contribution is 6.35. The molecule has 1 amide bonds. The van der Waals surface area contributed by atoms with Gasteiger partial charge < -0.3 is 10.1 Å². The highest BCUT2D eigenvalue weighted by atomic mass is 35.5. The zero-order valence-electron chi connectivity index (χ0n) is 11.6. The Morgan fingerprint density at radius 3 is 2.33 bits per heavy atom. The predicted octanol–water partition coefficient (Wildman–Crippen LogP) is 3.54. The molecule has 0 fully saturated rings. The van der Waals surface area contributed by atoms with E-state index in [1.54, 1.807) is 49.6 Å². The Kier molecular flexibility index (Phi) is 4.60. The largest absolute Gasteiger partial charge is 0.497 e. The zero-order valence-corrected chi connectivity index (χ0v) is 12.4. The standard InChI is InChI=1S/C16H14ClNO3/c1-10(19)18-15-13(4-3-5-14(15)17)16(20)11-6-8-12(21-2)9-7-11/h3-9H,1-2H3,(H,18,19). The van der Waals surface area contributed by atoms with E-state index in [2.05, 4.69) is 5.32 Å². The first-order valence-electron chi connectivity index (χ1n) is 6.27. The fourth-order valence-corrected chi connectivity index (χ4v) is 2.14. The third-order valence-corrected chi connectivity index (χ3v) is 3.23. The number of halogens is 1. The van der Waals surface area contributed by atoms with Crippen LogP contribution in [0.2, 0.25) is 5.02 Å². The lowest BCUT2D eigenvalue weighted by Crippen LogP contribution is -2.12. The van der Waals surface area contributed by atoms with Gasteiger partial charge in [0.15, 0.2) is 5.78 Å². The summed E-state index contributed by atoms with van der Waals surface area (Å²) in [7, 11) is 1.56. The van der Waals surface area contributed by atoms with Crippen LogP contribution in [0.3, 0.4) is 0 Å².